The number of anilines is 2. The molecule has 3 heterocycles. The number of hydrogen-bond donors (Lipinski definition) is 2. The van der Waals surface area contributed by atoms with Gasteiger partial charge in [-0.05, 0) is 30.5 Å². The number of aromatic nitrogens is 3. The molecule has 0 unspecified atom stereocenters. The highest BCUT2D eigenvalue weighted by Gasteiger charge is 2.14. The van der Waals surface area contributed by atoms with Gasteiger partial charge in [0, 0.05) is 31.6 Å². The van der Waals surface area contributed by atoms with Gasteiger partial charge < -0.3 is 20.1 Å². The Hall–Kier alpha value is -2.41. The minimum atomic E-state index is 0.316. The number of ether oxygens (including phenoxy) is 2. The Labute approximate surface area is 135 Å². The summed E-state index contributed by atoms with van der Waals surface area (Å²) in [6.07, 6.45) is 5.65. The fourth-order valence-corrected chi connectivity index (χ4v) is 2.44. The van der Waals surface area contributed by atoms with Crippen LogP contribution >= 0.6 is 0 Å². The van der Waals surface area contributed by atoms with Crippen LogP contribution in [0.15, 0.2) is 30.6 Å². The third-order valence-electron chi connectivity index (χ3n) is 3.63. The van der Waals surface area contributed by atoms with Crippen molar-refractivity contribution in [3.05, 3.63) is 36.2 Å². The molecule has 2 N–H and O–H groups in total. The van der Waals surface area contributed by atoms with Gasteiger partial charge in [0.15, 0.2) is 0 Å². The molecule has 1 fully saturated rings. The van der Waals surface area contributed by atoms with Crippen molar-refractivity contribution in [3.8, 4) is 5.88 Å². The molecule has 0 aromatic carbocycles. The molecular formula is C16H21N5O2. The standard InChI is InChI=1S/C16H21N5O2/c1-22-15-9-12(4-6-17-15)10-19-16-18-7-5-14(21-16)20-13-3-2-8-23-11-13/h4-7,9,13H,2-3,8,10-11H2,1H3,(H2,18,19,20,21)/t13-/m1/s1. The highest BCUT2D eigenvalue weighted by atomic mass is 16.5. The molecule has 0 radical (unpaired) electrons. The Bertz CT molecular complexity index is 631. The number of nitrogens with one attached hydrogen (secondary N) is 2. The molecule has 3 rings (SSSR count). The molecule has 1 saturated heterocycles. The van der Waals surface area contributed by atoms with Crippen LogP contribution in [0.5, 0.6) is 5.88 Å². The highest BCUT2D eigenvalue weighted by Crippen LogP contribution is 2.14. The monoisotopic (exact) mass is 315 g/mol. The van der Waals surface area contributed by atoms with Crippen molar-refractivity contribution in [2.45, 2.75) is 25.4 Å². The predicted octanol–water partition coefficient (Wildman–Crippen LogP) is 2.08. The molecule has 122 valence electrons. The van der Waals surface area contributed by atoms with E-state index in [1.54, 1.807) is 19.5 Å². The van der Waals surface area contributed by atoms with Crippen LogP contribution in [-0.2, 0) is 11.3 Å². The van der Waals surface area contributed by atoms with E-state index >= 15 is 0 Å². The predicted molar refractivity (Wildman–Crippen MR) is 87.6 cm³/mol. The van der Waals surface area contributed by atoms with Crippen LogP contribution in [0.2, 0.25) is 0 Å². The van der Waals surface area contributed by atoms with Gasteiger partial charge in [-0.3, -0.25) is 0 Å². The van der Waals surface area contributed by atoms with Crippen molar-refractivity contribution in [2.24, 2.45) is 0 Å². The van der Waals surface area contributed by atoms with Crippen LogP contribution in [0.1, 0.15) is 18.4 Å². The molecule has 0 spiro atoms. The Morgan fingerprint density at radius 2 is 2.22 bits per heavy atom. The van der Waals surface area contributed by atoms with E-state index in [4.69, 9.17) is 9.47 Å². The van der Waals surface area contributed by atoms with Crippen molar-refractivity contribution < 1.29 is 9.47 Å². The van der Waals surface area contributed by atoms with Gasteiger partial charge in [0.2, 0.25) is 11.8 Å². The Balaban J connectivity index is 1.58. The highest BCUT2D eigenvalue weighted by molar-refractivity contribution is 5.41. The lowest BCUT2D eigenvalue weighted by Gasteiger charge is -2.23. The lowest BCUT2D eigenvalue weighted by atomic mass is 10.1. The summed E-state index contributed by atoms with van der Waals surface area (Å²) < 4.78 is 10.6. The fourth-order valence-electron chi connectivity index (χ4n) is 2.44. The Kier molecular flexibility index (Phi) is 5.21. The van der Waals surface area contributed by atoms with Gasteiger partial charge in [0.25, 0.3) is 0 Å². The zero-order valence-electron chi connectivity index (χ0n) is 13.2. The van der Waals surface area contributed by atoms with E-state index in [2.05, 4.69) is 25.6 Å². The summed E-state index contributed by atoms with van der Waals surface area (Å²) in [6, 6.07) is 6.00. The molecule has 23 heavy (non-hydrogen) atoms. The van der Waals surface area contributed by atoms with Gasteiger partial charge in [-0.15, -0.1) is 0 Å². The zero-order valence-corrected chi connectivity index (χ0v) is 13.2. The van der Waals surface area contributed by atoms with Gasteiger partial charge in [-0.25, -0.2) is 9.97 Å². The molecule has 7 heteroatoms. The van der Waals surface area contributed by atoms with E-state index in [0.29, 0.717) is 24.4 Å². The summed E-state index contributed by atoms with van der Waals surface area (Å²) in [6.45, 7) is 2.18. The lowest BCUT2D eigenvalue weighted by molar-refractivity contribution is 0.0875. The SMILES string of the molecule is COc1cc(CNc2nccc(N[C@@H]3CCCOC3)n2)ccn1. The smallest absolute Gasteiger partial charge is 0.224 e. The van der Waals surface area contributed by atoms with Crippen LogP contribution < -0.4 is 15.4 Å². The second-order valence-electron chi connectivity index (χ2n) is 5.38. The first-order valence-electron chi connectivity index (χ1n) is 7.73. The van der Waals surface area contributed by atoms with Crippen LogP contribution in [0.25, 0.3) is 0 Å². The Morgan fingerprint density at radius 1 is 1.30 bits per heavy atom. The first-order valence-corrected chi connectivity index (χ1v) is 7.73. The van der Waals surface area contributed by atoms with E-state index in [0.717, 1.165) is 37.4 Å². The van der Waals surface area contributed by atoms with Crippen molar-refractivity contribution in [2.75, 3.05) is 31.0 Å². The number of rotatable bonds is 6. The first kappa shape index (κ1) is 15.5. The van der Waals surface area contributed by atoms with Crippen LogP contribution in [0, 0.1) is 0 Å². The van der Waals surface area contributed by atoms with Gasteiger partial charge in [-0.2, -0.15) is 4.98 Å². The van der Waals surface area contributed by atoms with Crippen LogP contribution in [0.4, 0.5) is 11.8 Å². The quantitative estimate of drug-likeness (QED) is 0.844. The molecule has 0 amide bonds. The molecule has 0 bridgehead atoms. The van der Waals surface area contributed by atoms with E-state index in [9.17, 15) is 0 Å². The minimum Gasteiger partial charge on any atom is -0.481 e. The largest absolute Gasteiger partial charge is 0.481 e. The van der Waals surface area contributed by atoms with Crippen molar-refractivity contribution in [1.82, 2.24) is 15.0 Å². The molecule has 0 aliphatic carbocycles. The summed E-state index contributed by atoms with van der Waals surface area (Å²) in [5, 5.41) is 6.60. The third kappa shape index (κ3) is 4.53. The summed E-state index contributed by atoms with van der Waals surface area (Å²) >= 11 is 0. The second kappa shape index (κ2) is 7.73. The molecule has 2 aromatic rings. The van der Waals surface area contributed by atoms with E-state index < -0.39 is 0 Å². The van der Waals surface area contributed by atoms with E-state index in [1.165, 1.54) is 0 Å². The fraction of sp³-hybridized carbons (Fsp3) is 0.438. The average molecular weight is 315 g/mol. The van der Waals surface area contributed by atoms with Gasteiger partial charge >= 0.3 is 0 Å². The lowest BCUT2D eigenvalue weighted by Crippen LogP contribution is -2.30. The minimum absolute atomic E-state index is 0.316. The summed E-state index contributed by atoms with van der Waals surface area (Å²) in [7, 11) is 1.60. The van der Waals surface area contributed by atoms with Gasteiger partial charge in [-0.1, -0.05) is 0 Å². The third-order valence-corrected chi connectivity index (χ3v) is 3.63. The maximum Gasteiger partial charge on any atom is 0.224 e. The number of methoxy groups -OCH3 is 1. The van der Waals surface area contributed by atoms with Gasteiger partial charge in [0.1, 0.15) is 5.82 Å². The molecule has 1 aliphatic rings. The number of nitrogens with zero attached hydrogens (tertiary/aromatic N) is 3. The van der Waals surface area contributed by atoms with Crippen molar-refractivity contribution in [1.29, 1.82) is 0 Å². The van der Waals surface area contributed by atoms with Crippen molar-refractivity contribution >= 4 is 11.8 Å². The van der Waals surface area contributed by atoms with E-state index in [1.807, 2.05) is 18.2 Å². The molecule has 1 aliphatic heterocycles. The zero-order chi connectivity index (χ0) is 15.9. The summed E-state index contributed by atoms with van der Waals surface area (Å²) in [4.78, 5) is 12.8. The van der Waals surface area contributed by atoms with Crippen LogP contribution in [0.3, 0.4) is 0 Å². The first-order chi connectivity index (χ1) is 11.3. The maximum atomic E-state index is 5.47. The maximum absolute atomic E-state index is 5.47. The van der Waals surface area contributed by atoms with Gasteiger partial charge in [0.05, 0.1) is 19.8 Å². The molecule has 0 saturated carbocycles. The topological polar surface area (TPSA) is 81.2 Å². The number of pyridine rings is 1. The molecule has 2 aromatic heterocycles. The summed E-state index contributed by atoms with van der Waals surface area (Å²) in [5.41, 5.74) is 1.06. The van der Waals surface area contributed by atoms with Crippen LogP contribution in [-0.4, -0.2) is 41.3 Å². The molecule has 1 atom stereocenters. The second-order valence-corrected chi connectivity index (χ2v) is 5.38. The summed E-state index contributed by atoms with van der Waals surface area (Å²) in [5.74, 6) is 1.99. The number of hydrogen-bond acceptors (Lipinski definition) is 7. The normalized spacial score (nSPS) is 17.5. The van der Waals surface area contributed by atoms with E-state index in [-0.39, 0.29) is 0 Å². The average Bonchev–Trinajstić information content (AvgIpc) is 2.61. The molecular weight excluding hydrogens is 294 g/mol. The van der Waals surface area contributed by atoms with Crippen molar-refractivity contribution in [3.63, 3.8) is 0 Å². The molecule has 7 nitrogen and oxygen atoms in total. The Morgan fingerprint density at radius 3 is 3.04 bits per heavy atom.